The van der Waals surface area contributed by atoms with Crippen molar-refractivity contribution in [2.75, 3.05) is 24.4 Å². The Balaban J connectivity index is 3.19. The SMILES string of the molecule is C=C(C)CSCCCCOS(C)(=O)=O. The first-order valence-corrected chi connectivity index (χ1v) is 7.45. The van der Waals surface area contributed by atoms with Gasteiger partial charge >= 0.3 is 0 Å². The van der Waals surface area contributed by atoms with Crippen molar-refractivity contribution in [3.8, 4) is 0 Å². The Bertz CT molecular complexity index is 257. The van der Waals surface area contributed by atoms with Crippen molar-refractivity contribution in [3.63, 3.8) is 0 Å². The summed E-state index contributed by atoms with van der Waals surface area (Å²) in [4.78, 5) is 0. The van der Waals surface area contributed by atoms with Gasteiger partial charge in [-0.1, -0.05) is 12.2 Å². The minimum atomic E-state index is -3.25. The molecular formula is C9H18O3S2. The maximum Gasteiger partial charge on any atom is 0.264 e. The lowest BCUT2D eigenvalue weighted by molar-refractivity contribution is 0.315. The predicted octanol–water partition coefficient (Wildman–Crippen LogP) is 2.05. The van der Waals surface area contributed by atoms with Crippen LogP contribution in [0.3, 0.4) is 0 Å². The monoisotopic (exact) mass is 238 g/mol. The molecule has 0 heterocycles. The molecule has 0 aliphatic rings. The third-order valence-electron chi connectivity index (χ3n) is 1.33. The zero-order valence-corrected chi connectivity index (χ0v) is 10.4. The molecule has 5 heteroatoms. The molecule has 0 radical (unpaired) electrons. The molecule has 3 nitrogen and oxygen atoms in total. The Morgan fingerprint density at radius 1 is 1.43 bits per heavy atom. The van der Waals surface area contributed by atoms with E-state index in [0.717, 1.165) is 30.6 Å². The van der Waals surface area contributed by atoms with E-state index in [1.807, 2.05) is 18.7 Å². The van der Waals surface area contributed by atoms with Crippen LogP contribution in [-0.2, 0) is 14.3 Å². The average Bonchev–Trinajstić information content (AvgIpc) is 2.00. The van der Waals surface area contributed by atoms with Crippen molar-refractivity contribution >= 4 is 21.9 Å². The number of hydrogen-bond acceptors (Lipinski definition) is 4. The molecule has 0 saturated carbocycles. The molecule has 0 aliphatic carbocycles. The highest BCUT2D eigenvalue weighted by Gasteiger charge is 2.00. The van der Waals surface area contributed by atoms with Gasteiger partial charge in [-0.3, -0.25) is 4.18 Å². The van der Waals surface area contributed by atoms with Crippen molar-refractivity contribution in [1.82, 2.24) is 0 Å². The Labute approximate surface area is 91.0 Å². The minimum absolute atomic E-state index is 0.298. The first-order chi connectivity index (χ1) is 6.42. The summed E-state index contributed by atoms with van der Waals surface area (Å²) in [6, 6.07) is 0. The van der Waals surface area contributed by atoms with Crippen LogP contribution in [0.5, 0.6) is 0 Å². The van der Waals surface area contributed by atoms with Crippen molar-refractivity contribution in [3.05, 3.63) is 12.2 Å². The smallest absolute Gasteiger partial charge is 0.264 e. The van der Waals surface area contributed by atoms with Gasteiger partial charge < -0.3 is 0 Å². The summed E-state index contributed by atoms with van der Waals surface area (Å²) in [5.74, 6) is 2.01. The maximum atomic E-state index is 10.6. The lowest BCUT2D eigenvalue weighted by Crippen LogP contribution is -2.04. The fourth-order valence-electron chi connectivity index (χ4n) is 0.763. The molecule has 0 N–H and O–H groups in total. The fraction of sp³-hybridized carbons (Fsp3) is 0.778. The summed E-state index contributed by atoms with van der Waals surface area (Å²) in [6.07, 6.45) is 2.84. The molecule has 0 amide bonds. The van der Waals surface area contributed by atoms with E-state index in [1.165, 1.54) is 5.57 Å². The predicted molar refractivity (Wildman–Crippen MR) is 62.2 cm³/mol. The van der Waals surface area contributed by atoms with E-state index in [4.69, 9.17) is 0 Å². The summed E-state index contributed by atoms with van der Waals surface area (Å²) < 4.78 is 25.7. The van der Waals surface area contributed by atoms with Gasteiger partial charge in [-0.15, -0.1) is 0 Å². The van der Waals surface area contributed by atoms with E-state index in [-0.39, 0.29) is 0 Å². The standard InChI is InChI=1S/C9H18O3S2/c1-9(2)8-13-7-5-4-6-12-14(3,10)11/h1,4-8H2,2-3H3. The van der Waals surface area contributed by atoms with Gasteiger partial charge in [0.15, 0.2) is 0 Å². The highest BCUT2D eigenvalue weighted by molar-refractivity contribution is 7.99. The van der Waals surface area contributed by atoms with Crippen LogP contribution < -0.4 is 0 Å². The summed E-state index contributed by atoms with van der Waals surface area (Å²) in [5.41, 5.74) is 1.17. The Kier molecular flexibility index (Phi) is 7.31. The lowest BCUT2D eigenvalue weighted by Gasteiger charge is -2.01. The molecule has 0 spiro atoms. The largest absolute Gasteiger partial charge is 0.270 e. The molecule has 0 saturated heterocycles. The molecule has 0 atom stereocenters. The molecule has 0 unspecified atom stereocenters. The quantitative estimate of drug-likeness (QED) is 0.369. The second-order valence-corrected chi connectivity index (χ2v) is 5.99. The molecule has 14 heavy (non-hydrogen) atoms. The molecule has 84 valence electrons. The average molecular weight is 238 g/mol. The second-order valence-electron chi connectivity index (χ2n) is 3.24. The summed E-state index contributed by atoms with van der Waals surface area (Å²) in [6.45, 7) is 6.09. The summed E-state index contributed by atoms with van der Waals surface area (Å²) in [5, 5.41) is 0. The molecule has 0 aromatic heterocycles. The Morgan fingerprint density at radius 2 is 2.07 bits per heavy atom. The first-order valence-electron chi connectivity index (χ1n) is 4.48. The van der Waals surface area contributed by atoms with Crippen LogP contribution >= 0.6 is 11.8 Å². The molecule has 0 bridgehead atoms. The zero-order chi connectivity index (χ0) is 11.0. The van der Waals surface area contributed by atoms with Crippen LogP contribution in [0.2, 0.25) is 0 Å². The molecule has 0 aromatic rings. The number of hydrogen-bond donors (Lipinski definition) is 0. The molecule has 0 rings (SSSR count). The molecule has 0 aromatic carbocycles. The van der Waals surface area contributed by atoms with E-state index in [9.17, 15) is 8.42 Å². The first kappa shape index (κ1) is 14.0. The van der Waals surface area contributed by atoms with Crippen LogP contribution in [0, 0.1) is 0 Å². The molecule has 0 fully saturated rings. The third-order valence-corrected chi connectivity index (χ3v) is 3.20. The van der Waals surface area contributed by atoms with Crippen LogP contribution in [0.1, 0.15) is 19.8 Å². The lowest BCUT2D eigenvalue weighted by atomic mass is 10.4. The topological polar surface area (TPSA) is 43.4 Å². The van der Waals surface area contributed by atoms with E-state index in [1.54, 1.807) is 0 Å². The van der Waals surface area contributed by atoms with Gasteiger partial charge in [0.25, 0.3) is 10.1 Å². The maximum absolute atomic E-state index is 10.6. The number of unbranched alkanes of at least 4 members (excludes halogenated alkanes) is 1. The van der Waals surface area contributed by atoms with Crippen molar-refractivity contribution in [2.45, 2.75) is 19.8 Å². The van der Waals surface area contributed by atoms with E-state index in [0.29, 0.717) is 6.61 Å². The van der Waals surface area contributed by atoms with E-state index in [2.05, 4.69) is 10.8 Å². The van der Waals surface area contributed by atoms with Crippen LogP contribution in [0.15, 0.2) is 12.2 Å². The molecular weight excluding hydrogens is 220 g/mol. The third kappa shape index (κ3) is 12.0. The van der Waals surface area contributed by atoms with Crippen molar-refractivity contribution < 1.29 is 12.6 Å². The second kappa shape index (κ2) is 7.31. The van der Waals surface area contributed by atoms with Gasteiger partial charge in [-0.05, 0) is 25.5 Å². The van der Waals surface area contributed by atoms with Crippen LogP contribution in [0.4, 0.5) is 0 Å². The van der Waals surface area contributed by atoms with E-state index < -0.39 is 10.1 Å². The van der Waals surface area contributed by atoms with Crippen molar-refractivity contribution in [2.24, 2.45) is 0 Å². The summed E-state index contributed by atoms with van der Waals surface area (Å²) >= 11 is 1.81. The minimum Gasteiger partial charge on any atom is -0.270 e. The van der Waals surface area contributed by atoms with Gasteiger partial charge in [0.05, 0.1) is 12.9 Å². The van der Waals surface area contributed by atoms with Gasteiger partial charge in [-0.2, -0.15) is 20.2 Å². The highest BCUT2D eigenvalue weighted by atomic mass is 32.2. The zero-order valence-electron chi connectivity index (χ0n) is 8.78. The molecule has 0 aliphatic heterocycles. The van der Waals surface area contributed by atoms with Crippen LogP contribution in [0.25, 0.3) is 0 Å². The van der Waals surface area contributed by atoms with Gasteiger partial charge in [0, 0.05) is 5.75 Å². The van der Waals surface area contributed by atoms with Gasteiger partial charge in [-0.25, -0.2) is 0 Å². The van der Waals surface area contributed by atoms with Gasteiger partial charge in [0.1, 0.15) is 0 Å². The highest BCUT2D eigenvalue weighted by Crippen LogP contribution is 2.08. The number of rotatable bonds is 8. The van der Waals surface area contributed by atoms with Gasteiger partial charge in [0.2, 0.25) is 0 Å². The number of thioether (sulfide) groups is 1. The Hall–Kier alpha value is -0.0000000000000000555. The van der Waals surface area contributed by atoms with Crippen LogP contribution in [-0.4, -0.2) is 32.8 Å². The Morgan fingerprint density at radius 3 is 2.57 bits per heavy atom. The normalized spacial score (nSPS) is 11.6. The fourth-order valence-corrected chi connectivity index (χ4v) is 2.08. The van der Waals surface area contributed by atoms with Crippen molar-refractivity contribution in [1.29, 1.82) is 0 Å². The summed E-state index contributed by atoms with van der Waals surface area (Å²) in [7, 11) is -3.25. The van der Waals surface area contributed by atoms with E-state index >= 15 is 0 Å².